The monoisotopic (exact) mass is 2510 g/mol. The Balaban J connectivity index is 0.000000110. The van der Waals surface area contributed by atoms with Crippen molar-refractivity contribution in [3.8, 4) is 68.0 Å². The Morgan fingerprint density at radius 1 is 0.246 bits per heavy atom. The van der Waals surface area contributed by atoms with E-state index in [0.29, 0.717) is 0 Å². The summed E-state index contributed by atoms with van der Waals surface area (Å²) in [5.41, 5.74) is 27.8. The molecule has 0 saturated carbocycles. The number of nitrogens with zero attached hydrogens (tertiary/aromatic N) is 16. The molecule has 28 rings (SSSR count). The molecular formula is C110H84B4Ir4N16O4. The SMILES string of the molecule is CN1C=CN(c2[c-]cccc2)[CH-]1.CN1C=CN(c2[c-]cccc2)[CH-]1.CN1C=CN(c2[c-]cccc2)[CH-]1.CN1C=CN(c2[c-]cccc2)[CH-]1.Cc1c[c-]c2c(c1)N1B(Oc3ccccc31)c1cccnc1-2.Cc1c[c-]c2c(c1)N1B(Oc3ccccc31)c1cccnc1-2.[Ir+3].[Ir+3].[Ir+3].[Ir+3].[c-]1cccc2c1-c1ncccc1B1Oc3ccccc3N12.[c-]1cccc2c1-c1ncccc1B1Oc3ccccc3N12. The van der Waals surface area contributed by atoms with Crippen molar-refractivity contribution in [3.05, 3.63) is 464 Å². The summed E-state index contributed by atoms with van der Waals surface area (Å²) < 4.78 is 24.7. The van der Waals surface area contributed by atoms with Gasteiger partial charge < -0.3 is 97.0 Å². The van der Waals surface area contributed by atoms with Crippen LogP contribution in [0.4, 0.5) is 68.2 Å². The van der Waals surface area contributed by atoms with Gasteiger partial charge in [-0.3, -0.25) is 0 Å². The van der Waals surface area contributed by atoms with Crippen LogP contribution in [0.1, 0.15) is 11.1 Å². The van der Waals surface area contributed by atoms with E-state index in [4.69, 9.17) is 18.6 Å². The topological polar surface area (TPSA) is 127 Å². The van der Waals surface area contributed by atoms with Gasteiger partial charge in [-0.1, -0.05) is 86.6 Å². The number of pyridine rings is 4. The maximum atomic E-state index is 6.21. The first-order valence-electron chi connectivity index (χ1n) is 44.0. The maximum absolute atomic E-state index is 6.21. The summed E-state index contributed by atoms with van der Waals surface area (Å²) in [5, 5.41) is 0. The first-order valence-corrected chi connectivity index (χ1v) is 44.0. The predicted octanol–water partition coefficient (Wildman–Crippen LogP) is 19.1. The van der Waals surface area contributed by atoms with E-state index in [2.05, 4.69) is 174 Å². The Labute approximate surface area is 862 Å². The van der Waals surface area contributed by atoms with Gasteiger partial charge in [0.05, 0.1) is 22.7 Å². The second-order valence-electron chi connectivity index (χ2n) is 32.7. The van der Waals surface area contributed by atoms with Crippen LogP contribution in [0.15, 0.2) is 378 Å². The molecule has 0 saturated heterocycles. The molecule has 0 bridgehead atoms. The van der Waals surface area contributed by atoms with Gasteiger partial charge >= 0.3 is 109 Å². The Kier molecular flexibility index (Phi) is 29.8. The molecule has 20 nitrogen and oxygen atoms in total. The van der Waals surface area contributed by atoms with Crippen molar-refractivity contribution in [1.29, 1.82) is 0 Å². The molecule has 138 heavy (non-hydrogen) atoms. The number of anilines is 12. The van der Waals surface area contributed by atoms with Crippen LogP contribution in [0, 0.1) is 89.1 Å². The molecule has 16 heterocycles. The average molecular weight is 2510 g/mol. The minimum atomic E-state index is -0.149. The fourth-order valence-electron chi connectivity index (χ4n) is 17.5. The zero-order valence-electron chi connectivity index (χ0n) is 75.5. The van der Waals surface area contributed by atoms with Crippen LogP contribution >= 0.6 is 0 Å². The molecule has 0 atom stereocenters. The van der Waals surface area contributed by atoms with Gasteiger partial charge in [-0.05, 0) is 218 Å². The molecule has 16 aromatic rings. The van der Waals surface area contributed by atoms with Crippen molar-refractivity contribution in [2.45, 2.75) is 13.8 Å². The number of benzene rings is 12. The number of aryl methyl sites for hydroxylation is 2. The molecule has 0 aliphatic carbocycles. The minimum Gasteiger partial charge on any atom is -0.537 e. The number of hydrogen-bond acceptors (Lipinski definition) is 20. The van der Waals surface area contributed by atoms with Crippen molar-refractivity contribution in [1.82, 2.24) is 39.5 Å². The first kappa shape index (κ1) is 95.6. The molecule has 0 spiro atoms. The normalized spacial score (nSPS) is 14.1. The molecule has 676 valence electrons. The predicted molar refractivity (Wildman–Crippen MR) is 538 cm³/mol. The molecule has 0 radical (unpaired) electrons. The van der Waals surface area contributed by atoms with Crippen LogP contribution < -0.4 is 79.3 Å². The average Bonchev–Trinajstić information content (AvgIpc) is 1.63. The van der Waals surface area contributed by atoms with Gasteiger partial charge in [0.25, 0.3) is 0 Å². The summed E-state index contributed by atoms with van der Waals surface area (Å²) in [7, 11) is 7.41. The first-order chi connectivity index (χ1) is 66.0. The van der Waals surface area contributed by atoms with Gasteiger partial charge in [0.1, 0.15) is 23.0 Å². The second-order valence-corrected chi connectivity index (χ2v) is 32.7. The van der Waals surface area contributed by atoms with E-state index in [9.17, 15) is 0 Å². The van der Waals surface area contributed by atoms with Crippen molar-refractivity contribution in [3.63, 3.8) is 0 Å². The molecule has 0 N–H and O–H groups in total. The fraction of sp³-hybridized carbons (Fsp3) is 0.0545. The fourth-order valence-corrected chi connectivity index (χ4v) is 17.5. The van der Waals surface area contributed by atoms with Gasteiger partial charge in [0, 0.05) is 24.8 Å². The second kappa shape index (κ2) is 43.0. The van der Waals surface area contributed by atoms with E-state index in [-0.39, 0.29) is 109 Å². The quantitative estimate of drug-likeness (QED) is 0.122. The molecule has 0 unspecified atom stereocenters. The van der Waals surface area contributed by atoms with Crippen LogP contribution in [-0.2, 0) is 80.4 Å². The molecule has 12 aromatic carbocycles. The van der Waals surface area contributed by atoms with Crippen LogP contribution in [0.5, 0.6) is 23.0 Å². The summed E-state index contributed by atoms with van der Waals surface area (Å²) in [4.78, 5) is 43.3. The third kappa shape index (κ3) is 19.5. The number of aromatic nitrogens is 4. The van der Waals surface area contributed by atoms with E-state index in [1.807, 2.05) is 399 Å². The Morgan fingerprint density at radius 2 is 0.486 bits per heavy atom. The molecule has 4 aromatic heterocycles. The van der Waals surface area contributed by atoms with Gasteiger partial charge in [-0.15, -0.1) is 141 Å². The third-order valence-electron chi connectivity index (χ3n) is 23.6. The van der Waals surface area contributed by atoms with E-state index in [1.165, 1.54) is 11.1 Å². The van der Waals surface area contributed by atoms with Gasteiger partial charge in [0.15, 0.2) is 0 Å². The Bertz CT molecular complexity index is 6560. The van der Waals surface area contributed by atoms with E-state index < -0.39 is 0 Å². The summed E-state index contributed by atoms with van der Waals surface area (Å²) >= 11 is 0. The standard InChI is InChI=1S/2C18H12BN2O.2C17H10BN2O.4C10H10N2.4Ir/c2*1-12-8-9-13-16(11-12)21-15-6-2-3-7-17(15)22-19(21)14-5-4-10-20-18(13)14;2*1-2-8-14-12(6-1)17-13(7-5-11-19-17)18-20(14)15-9-3-4-10-16(15)21-18;4*1-11-7-8-12(9-11)10-5-3-2-4-6-10;;;;/h2*2-8,10-11H,1H3;2*1-5,7-11H;4*2-5,7-9H,1H3;;;;/q4*-1;4*-2;4*+3. The van der Waals surface area contributed by atoms with Crippen molar-refractivity contribution >= 4 is 118 Å². The van der Waals surface area contributed by atoms with Gasteiger partial charge in [0.2, 0.25) is 0 Å². The van der Waals surface area contributed by atoms with Crippen LogP contribution in [0.25, 0.3) is 45.0 Å². The number of rotatable bonds is 4. The summed E-state index contributed by atoms with van der Waals surface area (Å²) in [6, 6.07) is 127. The number of para-hydroxylation sites is 12. The van der Waals surface area contributed by atoms with Gasteiger partial charge in [-0.2, -0.15) is 148 Å². The Hall–Kier alpha value is -14.1. The van der Waals surface area contributed by atoms with Gasteiger partial charge in [-0.25, -0.2) is 0 Å². The number of fused-ring (bicyclic) bond motifs is 32. The molecule has 12 aliphatic heterocycles. The smallest absolute Gasteiger partial charge is 0.537 e. The third-order valence-corrected chi connectivity index (χ3v) is 23.6. The molecule has 12 aliphatic rings. The summed E-state index contributed by atoms with van der Waals surface area (Å²) in [5.74, 6) is 3.65. The summed E-state index contributed by atoms with van der Waals surface area (Å²) in [6.07, 6.45) is 23.3. The zero-order chi connectivity index (χ0) is 90.5. The van der Waals surface area contributed by atoms with E-state index >= 15 is 0 Å². The molecule has 28 heteroatoms. The van der Waals surface area contributed by atoms with Crippen LogP contribution in [0.2, 0.25) is 0 Å². The molecular weight excluding hydrogens is 2420 g/mol. The van der Waals surface area contributed by atoms with Crippen LogP contribution in [0.3, 0.4) is 0 Å². The van der Waals surface area contributed by atoms with Crippen molar-refractivity contribution in [2.75, 3.05) is 67.0 Å². The van der Waals surface area contributed by atoms with E-state index in [1.54, 1.807) is 0 Å². The largest absolute Gasteiger partial charge is 3.00 e. The number of hydrogen-bond donors (Lipinski definition) is 0. The van der Waals surface area contributed by atoms with Crippen molar-refractivity contribution in [2.24, 2.45) is 0 Å². The van der Waals surface area contributed by atoms with Crippen molar-refractivity contribution < 1.29 is 99.0 Å². The zero-order valence-corrected chi connectivity index (χ0v) is 85.1. The van der Waals surface area contributed by atoms with E-state index in [0.717, 1.165) is 158 Å². The maximum Gasteiger partial charge on any atom is 3.00 e. The summed E-state index contributed by atoms with van der Waals surface area (Å²) in [6.45, 7) is 12.2. The molecule has 0 fully saturated rings. The van der Waals surface area contributed by atoms with Crippen LogP contribution in [-0.4, -0.2) is 95.9 Å². The molecule has 0 amide bonds. The minimum absolute atomic E-state index is 0. The Morgan fingerprint density at radius 3 is 0.739 bits per heavy atom.